The minimum atomic E-state index is 0.439. The van der Waals surface area contributed by atoms with E-state index in [1.165, 1.54) is 30.4 Å². The van der Waals surface area contributed by atoms with E-state index >= 15 is 0 Å². The van der Waals surface area contributed by atoms with E-state index in [0.717, 1.165) is 19.0 Å². The van der Waals surface area contributed by atoms with Crippen LogP contribution in [-0.4, -0.2) is 19.0 Å². The number of rotatable bonds is 1. The van der Waals surface area contributed by atoms with Gasteiger partial charge in [0.15, 0.2) is 5.96 Å². The van der Waals surface area contributed by atoms with Crippen molar-refractivity contribution in [2.75, 3.05) is 13.1 Å². The number of fused-ring (bicyclic) bond motifs is 1. The molecule has 3 nitrogen and oxygen atoms in total. The number of nitrogens with zero attached hydrogens (tertiary/aromatic N) is 1. The van der Waals surface area contributed by atoms with Crippen molar-refractivity contribution in [3.8, 4) is 0 Å². The molecule has 1 aromatic rings. The Morgan fingerprint density at radius 3 is 3.12 bits per heavy atom. The quantitative estimate of drug-likeness (QED) is 0.746. The van der Waals surface area contributed by atoms with Crippen LogP contribution in [0.4, 0.5) is 0 Å². The number of nitrogens with one attached hydrogen (secondary N) is 2. The van der Waals surface area contributed by atoms with Gasteiger partial charge in [0.05, 0.1) is 12.6 Å². The zero-order valence-corrected chi connectivity index (χ0v) is 9.37. The van der Waals surface area contributed by atoms with Crippen molar-refractivity contribution in [3.63, 3.8) is 0 Å². The normalized spacial score (nSPS) is 23.2. The predicted octanol–water partition coefficient (Wildman–Crippen LogP) is 1.61. The average molecular weight is 215 g/mol. The lowest BCUT2D eigenvalue weighted by atomic mass is 9.88. The SMILES string of the molecule is c1ccc2c(c1)CCC[C@H]2NC1=NCCN1. The minimum Gasteiger partial charge on any atom is -0.355 e. The topological polar surface area (TPSA) is 36.4 Å². The highest BCUT2D eigenvalue weighted by atomic mass is 15.2. The van der Waals surface area contributed by atoms with Crippen molar-refractivity contribution in [1.82, 2.24) is 10.6 Å². The van der Waals surface area contributed by atoms with Gasteiger partial charge >= 0.3 is 0 Å². The Morgan fingerprint density at radius 1 is 1.31 bits per heavy atom. The molecule has 16 heavy (non-hydrogen) atoms. The molecule has 0 bridgehead atoms. The van der Waals surface area contributed by atoms with Crippen LogP contribution in [-0.2, 0) is 6.42 Å². The van der Waals surface area contributed by atoms with Gasteiger partial charge in [0.25, 0.3) is 0 Å². The third-order valence-corrected chi connectivity index (χ3v) is 3.35. The van der Waals surface area contributed by atoms with Crippen LogP contribution in [0.3, 0.4) is 0 Å². The maximum atomic E-state index is 4.40. The lowest BCUT2D eigenvalue weighted by molar-refractivity contribution is 0.523. The Morgan fingerprint density at radius 2 is 2.25 bits per heavy atom. The van der Waals surface area contributed by atoms with Gasteiger partial charge in [-0.15, -0.1) is 0 Å². The maximum absolute atomic E-state index is 4.40. The highest BCUT2D eigenvalue weighted by Gasteiger charge is 2.21. The van der Waals surface area contributed by atoms with E-state index < -0.39 is 0 Å². The zero-order chi connectivity index (χ0) is 10.8. The molecule has 3 rings (SSSR count). The van der Waals surface area contributed by atoms with Gasteiger partial charge in [-0.1, -0.05) is 24.3 Å². The van der Waals surface area contributed by atoms with E-state index in [2.05, 4.69) is 39.9 Å². The second kappa shape index (κ2) is 4.16. The van der Waals surface area contributed by atoms with Crippen molar-refractivity contribution in [1.29, 1.82) is 0 Å². The first-order valence-electron chi connectivity index (χ1n) is 6.06. The molecule has 1 heterocycles. The second-order valence-corrected chi connectivity index (χ2v) is 4.45. The molecule has 1 aliphatic heterocycles. The first kappa shape index (κ1) is 9.70. The Hall–Kier alpha value is -1.51. The van der Waals surface area contributed by atoms with Crippen molar-refractivity contribution in [2.24, 2.45) is 4.99 Å². The molecule has 3 heteroatoms. The fourth-order valence-electron chi connectivity index (χ4n) is 2.56. The molecule has 0 saturated heterocycles. The van der Waals surface area contributed by atoms with Crippen molar-refractivity contribution < 1.29 is 0 Å². The lowest BCUT2D eigenvalue weighted by Crippen LogP contribution is -2.37. The van der Waals surface area contributed by atoms with Gasteiger partial charge in [-0.2, -0.15) is 0 Å². The van der Waals surface area contributed by atoms with Gasteiger partial charge in [-0.3, -0.25) is 4.99 Å². The van der Waals surface area contributed by atoms with Crippen LogP contribution in [0.5, 0.6) is 0 Å². The van der Waals surface area contributed by atoms with Gasteiger partial charge in [0, 0.05) is 6.54 Å². The first-order valence-corrected chi connectivity index (χ1v) is 6.06. The molecular formula is C13H17N3. The summed E-state index contributed by atoms with van der Waals surface area (Å²) in [5.41, 5.74) is 2.94. The number of aryl methyl sites for hydroxylation is 1. The standard InChI is InChI=1S/C13H17N3/c1-2-6-11-10(4-1)5-3-7-12(11)16-13-14-8-9-15-13/h1-2,4,6,12H,3,5,7-9H2,(H2,14,15,16)/t12-/m1/s1. The third-order valence-electron chi connectivity index (χ3n) is 3.35. The summed E-state index contributed by atoms with van der Waals surface area (Å²) in [4.78, 5) is 4.40. The van der Waals surface area contributed by atoms with Crippen LogP contribution < -0.4 is 10.6 Å². The average Bonchev–Trinajstić information content (AvgIpc) is 2.82. The molecule has 1 aliphatic carbocycles. The summed E-state index contributed by atoms with van der Waals surface area (Å²) in [6, 6.07) is 9.18. The Labute approximate surface area is 96.0 Å². The molecule has 0 fully saturated rings. The van der Waals surface area contributed by atoms with Crippen LogP contribution in [0.1, 0.15) is 30.0 Å². The predicted molar refractivity (Wildman–Crippen MR) is 65.6 cm³/mol. The third kappa shape index (κ3) is 1.77. The van der Waals surface area contributed by atoms with Crippen LogP contribution in [0.25, 0.3) is 0 Å². The van der Waals surface area contributed by atoms with Crippen molar-refractivity contribution >= 4 is 5.96 Å². The lowest BCUT2D eigenvalue weighted by Gasteiger charge is -2.27. The van der Waals surface area contributed by atoms with Crippen molar-refractivity contribution in [2.45, 2.75) is 25.3 Å². The summed E-state index contributed by atoms with van der Waals surface area (Å²) in [5, 5.41) is 6.79. The smallest absolute Gasteiger partial charge is 0.191 e. The van der Waals surface area contributed by atoms with Crippen LogP contribution in [0.15, 0.2) is 29.3 Å². The maximum Gasteiger partial charge on any atom is 0.191 e. The number of guanidine groups is 1. The fraction of sp³-hybridized carbons (Fsp3) is 0.462. The molecular weight excluding hydrogens is 198 g/mol. The van der Waals surface area contributed by atoms with Gasteiger partial charge in [0.1, 0.15) is 0 Å². The van der Waals surface area contributed by atoms with Crippen molar-refractivity contribution in [3.05, 3.63) is 35.4 Å². The Kier molecular flexibility index (Phi) is 2.52. The van der Waals surface area contributed by atoms with E-state index in [4.69, 9.17) is 0 Å². The summed E-state index contributed by atoms with van der Waals surface area (Å²) in [5.74, 6) is 0.974. The molecule has 0 aromatic heterocycles. The van der Waals surface area contributed by atoms with Crippen LogP contribution >= 0.6 is 0 Å². The summed E-state index contributed by atoms with van der Waals surface area (Å²) in [6.45, 7) is 1.87. The van der Waals surface area contributed by atoms with Gasteiger partial charge in [-0.25, -0.2) is 0 Å². The van der Waals surface area contributed by atoms with E-state index in [1.54, 1.807) is 0 Å². The van der Waals surface area contributed by atoms with Gasteiger partial charge in [0.2, 0.25) is 0 Å². The second-order valence-electron chi connectivity index (χ2n) is 4.45. The molecule has 0 unspecified atom stereocenters. The van der Waals surface area contributed by atoms with E-state index in [9.17, 15) is 0 Å². The van der Waals surface area contributed by atoms with E-state index in [1.807, 2.05) is 0 Å². The molecule has 84 valence electrons. The monoisotopic (exact) mass is 215 g/mol. The number of hydrogen-bond donors (Lipinski definition) is 2. The van der Waals surface area contributed by atoms with E-state index in [0.29, 0.717) is 6.04 Å². The molecule has 1 atom stereocenters. The summed E-state index contributed by atoms with van der Waals surface area (Å²) >= 11 is 0. The molecule has 1 aromatic carbocycles. The highest BCUT2D eigenvalue weighted by Crippen LogP contribution is 2.29. The Balaban J connectivity index is 1.81. The summed E-state index contributed by atoms with van der Waals surface area (Å²) in [7, 11) is 0. The molecule has 2 N–H and O–H groups in total. The zero-order valence-electron chi connectivity index (χ0n) is 9.37. The molecule has 0 radical (unpaired) electrons. The first-order chi connectivity index (χ1) is 7.93. The van der Waals surface area contributed by atoms with Gasteiger partial charge < -0.3 is 10.6 Å². The van der Waals surface area contributed by atoms with Gasteiger partial charge in [-0.05, 0) is 30.4 Å². The fourth-order valence-corrected chi connectivity index (χ4v) is 2.56. The molecule has 0 amide bonds. The number of benzene rings is 1. The molecule has 2 aliphatic rings. The number of aliphatic imine (C=N–C) groups is 1. The summed E-state index contributed by atoms with van der Waals surface area (Å²) < 4.78 is 0. The highest BCUT2D eigenvalue weighted by molar-refractivity contribution is 5.81. The largest absolute Gasteiger partial charge is 0.355 e. The van der Waals surface area contributed by atoms with Crippen LogP contribution in [0, 0.1) is 0 Å². The molecule has 0 saturated carbocycles. The van der Waals surface area contributed by atoms with Crippen LogP contribution in [0.2, 0.25) is 0 Å². The molecule has 0 spiro atoms. The Bertz CT molecular complexity index is 411. The number of hydrogen-bond acceptors (Lipinski definition) is 3. The van der Waals surface area contributed by atoms with E-state index in [-0.39, 0.29) is 0 Å². The summed E-state index contributed by atoms with van der Waals surface area (Å²) in [6.07, 6.45) is 3.69. The minimum absolute atomic E-state index is 0.439.